The van der Waals surface area contributed by atoms with Crippen LogP contribution in [0.15, 0.2) is 41.8 Å². The number of anilines is 1. The highest BCUT2D eigenvalue weighted by atomic mass is 15.2. The fourth-order valence-electron chi connectivity index (χ4n) is 2.23. The molecule has 0 bridgehead atoms. The number of rotatable bonds is 3. The van der Waals surface area contributed by atoms with Crippen molar-refractivity contribution in [2.75, 3.05) is 12.4 Å². The number of hydrogen-bond donors (Lipinski definition) is 2. The van der Waals surface area contributed by atoms with Crippen molar-refractivity contribution in [1.82, 2.24) is 14.6 Å². The van der Waals surface area contributed by atoms with E-state index in [-0.39, 0.29) is 0 Å². The molecule has 0 saturated heterocycles. The van der Waals surface area contributed by atoms with Crippen LogP contribution in [0.4, 0.5) is 11.4 Å². The Morgan fingerprint density at radius 3 is 2.90 bits per heavy atom. The third kappa shape index (κ3) is 1.91. The Labute approximate surface area is 116 Å². The van der Waals surface area contributed by atoms with Crippen LogP contribution in [-0.2, 0) is 0 Å². The van der Waals surface area contributed by atoms with Crippen molar-refractivity contribution in [1.29, 1.82) is 5.53 Å². The lowest BCUT2D eigenvalue weighted by molar-refractivity contribution is 0.857. The van der Waals surface area contributed by atoms with Crippen LogP contribution in [0.5, 0.6) is 0 Å². The molecule has 20 heavy (non-hydrogen) atoms. The highest BCUT2D eigenvalue weighted by Gasteiger charge is 2.09. The van der Waals surface area contributed by atoms with Crippen molar-refractivity contribution in [3.63, 3.8) is 0 Å². The Kier molecular flexibility index (Phi) is 2.90. The summed E-state index contributed by atoms with van der Waals surface area (Å²) in [6.07, 6.45) is 3.74. The van der Waals surface area contributed by atoms with Gasteiger partial charge in [-0.1, -0.05) is 6.07 Å². The zero-order valence-electron chi connectivity index (χ0n) is 11.3. The Morgan fingerprint density at radius 1 is 1.30 bits per heavy atom. The number of aryl methyl sites for hydroxylation is 1. The van der Waals surface area contributed by atoms with E-state index in [1.807, 2.05) is 55.1 Å². The molecule has 0 saturated carbocycles. The molecule has 0 unspecified atom stereocenters. The zero-order chi connectivity index (χ0) is 14.1. The first-order valence-electron chi connectivity index (χ1n) is 6.23. The maximum Gasteiger partial charge on any atom is 0.146 e. The minimum Gasteiger partial charge on any atom is -0.386 e. The second-order valence-electron chi connectivity index (χ2n) is 4.46. The van der Waals surface area contributed by atoms with E-state index in [0.29, 0.717) is 5.69 Å². The second kappa shape index (κ2) is 4.73. The first kappa shape index (κ1) is 12.3. The van der Waals surface area contributed by atoms with Gasteiger partial charge < -0.3 is 5.32 Å². The largest absolute Gasteiger partial charge is 0.386 e. The fourth-order valence-corrected chi connectivity index (χ4v) is 2.23. The summed E-state index contributed by atoms with van der Waals surface area (Å²) >= 11 is 0. The van der Waals surface area contributed by atoms with Gasteiger partial charge in [-0.15, -0.1) is 0 Å². The molecule has 0 aliphatic rings. The Morgan fingerprint density at radius 2 is 2.15 bits per heavy atom. The lowest BCUT2D eigenvalue weighted by atomic mass is 10.1. The van der Waals surface area contributed by atoms with Gasteiger partial charge in [0.25, 0.3) is 0 Å². The predicted octanol–water partition coefficient (Wildman–Crippen LogP) is 3.41. The first-order valence-corrected chi connectivity index (χ1v) is 6.23. The van der Waals surface area contributed by atoms with Gasteiger partial charge in [-0.05, 0) is 30.7 Å². The van der Waals surface area contributed by atoms with E-state index >= 15 is 0 Å². The summed E-state index contributed by atoms with van der Waals surface area (Å²) in [7, 11) is 1.82. The van der Waals surface area contributed by atoms with Crippen LogP contribution in [0.3, 0.4) is 0 Å². The summed E-state index contributed by atoms with van der Waals surface area (Å²) in [5.41, 5.74) is 11.6. The molecule has 6 heteroatoms. The average Bonchev–Trinajstić information content (AvgIpc) is 2.89. The summed E-state index contributed by atoms with van der Waals surface area (Å²) in [5, 5.41) is 10.9. The molecule has 0 atom stereocenters. The fraction of sp³-hybridized carbons (Fsp3) is 0.143. The van der Waals surface area contributed by atoms with Crippen LogP contribution in [0, 0.1) is 12.5 Å². The normalized spacial score (nSPS) is 10.7. The van der Waals surface area contributed by atoms with E-state index in [0.717, 1.165) is 28.2 Å². The number of nitrogens with zero attached hydrogens (tertiary/aromatic N) is 4. The maximum atomic E-state index is 7.15. The highest BCUT2D eigenvalue weighted by molar-refractivity contribution is 5.84. The van der Waals surface area contributed by atoms with Crippen LogP contribution in [0.2, 0.25) is 0 Å². The van der Waals surface area contributed by atoms with Gasteiger partial charge in [0.05, 0.1) is 17.4 Å². The third-order valence-electron chi connectivity index (χ3n) is 3.23. The summed E-state index contributed by atoms with van der Waals surface area (Å²) in [6, 6.07) is 7.76. The van der Waals surface area contributed by atoms with Gasteiger partial charge in [-0.25, -0.2) is 15.0 Å². The molecule has 3 rings (SSSR count). The van der Waals surface area contributed by atoms with E-state index in [1.54, 1.807) is 0 Å². The van der Waals surface area contributed by atoms with Crippen LogP contribution in [0.1, 0.15) is 5.82 Å². The SMILES string of the molecule is CNc1cc(-c2ccn3nc(C)ncc23)ccc1N=N. The molecule has 0 fully saturated rings. The number of benzene rings is 1. The molecule has 1 aromatic carbocycles. The van der Waals surface area contributed by atoms with Crippen LogP contribution >= 0.6 is 0 Å². The first-order chi connectivity index (χ1) is 9.72. The molecule has 0 radical (unpaired) electrons. The van der Waals surface area contributed by atoms with Crippen LogP contribution in [-0.4, -0.2) is 21.6 Å². The van der Waals surface area contributed by atoms with E-state index < -0.39 is 0 Å². The summed E-state index contributed by atoms with van der Waals surface area (Å²) < 4.78 is 1.82. The Bertz CT molecular complexity index is 789. The van der Waals surface area contributed by atoms with Crippen molar-refractivity contribution in [2.24, 2.45) is 5.11 Å². The van der Waals surface area contributed by atoms with Crippen molar-refractivity contribution in [2.45, 2.75) is 6.92 Å². The van der Waals surface area contributed by atoms with E-state index in [9.17, 15) is 0 Å². The summed E-state index contributed by atoms with van der Waals surface area (Å²) in [5.74, 6) is 0.735. The summed E-state index contributed by atoms with van der Waals surface area (Å²) in [4.78, 5) is 4.25. The van der Waals surface area contributed by atoms with E-state index in [1.165, 1.54) is 0 Å². The number of hydrogen-bond acceptors (Lipinski definition) is 5. The molecule has 100 valence electrons. The molecular weight excluding hydrogens is 252 g/mol. The third-order valence-corrected chi connectivity index (χ3v) is 3.23. The number of fused-ring (bicyclic) bond motifs is 1. The molecule has 0 amide bonds. The molecule has 0 aliphatic carbocycles. The monoisotopic (exact) mass is 266 g/mol. The van der Waals surface area contributed by atoms with Crippen molar-refractivity contribution in [3.8, 4) is 11.1 Å². The van der Waals surface area contributed by atoms with Gasteiger partial charge in [0.2, 0.25) is 0 Å². The molecular formula is C14H14N6. The van der Waals surface area contributed by atoms with Gasteiger partial charge in [-0.3, -0.25) is 0 Å². The molecule has 0 spiro atoms. The predicted molar refractivity (Wildman–Crippen MR) is 77.5 cm³/mol. The minimum atomic E-state index is 0.617. The topological polar surface area (TPSA) is 78.4 Å². The van der Waals surface area contributed by atoms with Crippen LogP contribution < -0.4 is 5.32 Å². The Balaban J connectivity index is 2.18. The van der Waals surface area contributed by atoms with Crippen molar-refractivity contribution >= 4 is 16.9 Å². The molecule has 2 N–H and O–H groups in total. The molecule has 3 aromatic rings. The lowest BCUT2D eigenvalue weighted by Crippen LogP contribution is -1.95. The average molecular weight is 266 g/mol. The maximum absolute atomic E-state index is 7.15. The van der Waals surface area contributed by atoms with Crippen molar-refractivity contribution in [3.05, 3.63) is 42.5 Å². The number of aromatic nitrogens is 3. The quantitative estimate of drug-likeness (QED) is 0.713. The van der Waals surface area contributed by atoms with Gasteiger partial charge in [0, 0.05) is 18.8 Å². The smallest absolute Gasteiger partial charge is 0.146 e. The van der Waals surface area contributed by atoms with E-state index in [2.05, 4.69) is 20.5 Å². The van der Waals surface area contributed by atoms with Gasteiger partial charge in [-0.2, -0.15) is 10.2 Å². The van der Waals surface area contributed by atoms with Crippen molar-refractivity contribution < 1.29 is 0 Å². The highest BCUT2D eigenvalue weighted by Crippen LogP contribution is 2.32. The van der Waals surface area contributed by atoms with Crippen LogP contribution in [0.25, 0.3) is 16.6 Å². The summed E-state index contributed by atoms with van der Waals surface area (Å²) in [6.45, 7) is 1.86. The molecule has 0 aliphatic heterocycles. The zero-order valence-corrected chi connectivity index (χ0v) is 11.3. The van der Waals surface area contributed by atoms with E-state index in [4.69, 9.17) is 5.53 Å². The Hall–Kier alpha value is -2.76. The molecule has 2 heterocycles. The second-order valence-corrected chi connectivity index (χ2v) is 4.46. The number of nitrogens with one attached hydrogen (secondary N) is 2. The minimum absolute atomic E-state index is 0.617. The van der Waals surface area contributed by atoms with Gasteiger partial charge in [0.1, 0.15) is 11.5 Å². The molecule has 6 nitrogen and oxygen atoms in total. The molecule has 2 aromatic heterocycles. The lowest BCUT2D eigenvalue weighted by Gasteiger charge is -2.07. The van der Waals surface area contributed by atoms with Gasteiger partial charge >= 0.3 is 0 Å². The standard InChI is InChI=1S/C14H14N6/c1-9-17-8-14-11(5-6-20(14)19-9)10-3-4-12(18-15)13(7-10)16-2/h3-8,15-16H,1-2H3. The van der Waals surface area contributed by atoms with Gasteiger partial charge in [0.15, 0.2) is 0 Å².